The first kappa shape index (κ1) is 21.5. The van der Waals surface area contributed by atoms with E-state index in [-0.39, 0.29) is 36.7 Å². The highest BCUT2D eigenvalue weighted by molar-refractivity contribution is 5.85. The summed E-state index contributed by atoms with van der Waals surface area (Å²) < 4.78 is 87.6. The van der Waals surface area contributed by atoms with Gasteiger partial charge in [-0.3, -0.25) is 4.90 Å². The van der Waals surface area contributed by atoms with Gasteiger partial charge in [0.15, 0.2) is 0 Å². The Morgan fingerprint density at radius 3 is 2.00 bits per heavy atom. The van der Waals surface area contributed by atoms with Crippen LogP contribution in [0.3, 0.4) is 0 Å². The zero-order chi connectivity index (χ0) is 18.9. The van der Waals surface area contributed by atoms with Gasteiger partial charge in [0.1, 0.15) is 0 Å². The minimum Gasteiger partial charge on any atom is -0.379 e. The third kappa shape index (κ3) is 5.33. The fraction of sp³-hybridized carbons (Fsp3) is 0.467. The minimum absolute atomic E-state index is 0. The smallest absolute Gasteiger partial charge is 0.379 e. The van der Waals surface area contributed by atoms with E-state index in [9.17, 15) is 26.3 Å². The van der Waals surface area contributed by atoms with Gasteiger partial charge in [-0.2, -0.15) is 31.3 Å². The lowest BCUT2D eigenvalue weighted by Gasteiger charge is -2.24. The van der Waals surface area contributed by atoms with Gasteiger partial charge >= 0.3 is 12.4 Å². The molecular weight excluding hydrogens is 404 g/mol. The minimum atomic E-state index is -4.93. The molecule has 27 heavy (non-hydrogen) atoms. The molecule has 1 aliphatic rings. The predicted octanol–water partition coefficient (Wildman–Crippen LogP) is 4.03. The third-order valence-corrected chi connectivity index (χ3v) is 3.78. The molecule has 1 aliphatic heterocycles. The van der Waals surface area contributed by atoms with Crippen LogP contribution in [0.25, 0.3) is 11.4 Å². The van der Waals surface area contributed by atoms with Crippen LogP contribution in [-0.2, 0) is 23.6 Å². The van der Waals surface area contributed by atoms with E-state index in [1.54, 1.807) is 0 Å². The quantitative estimate of drug-likeness (QED) is 0.706. The first-order chi connectivity index (χ1) is 12.1. The van der Waals surface area contributed by atoms with Gasteiger partial charge in [-0.1, -0.05) is 5.16 Å². The maximum Gasteiger partial charge on any atom is 0.416 e. The van der Waals surface area contributed by atoms with Gasteiger partial charge in [0, 0.05) is 18.7 Å². The zero-order valence-electron chi connectivity index (χ0n) is 13.6. The number of benzene rings is 1. The molecule has 2 heterocycles. The Morgan fingerprint density at radius 1 is 0.926 bits per heavy atom. The Labute approximate surface area is 155 Å². The average Bonchev–Trinajstić information content (AvgIpc) is 3.02. The maximum atomic E-state index is 12.9. The van der Waals surface area contributed by atoms with Crippen LogP contribution in [0.2, 0.25) is 0 Å². The molecule has 0 atom stereocenters. The van der Waals surface area contributed by atoms with Gasteiger partial charge in [-0.25, -0.2) is 0 Å². The summed E-state index contributed by atoms with van der Waals surface area (Å²) in [6.45, 7) is 2.49. The van der Waals surface area contributed by atoms with Crippen LogP contribution < -0.4 is 0 Å². The summed E-state index contributed by atoms with van der Waals surface area (Å²) in [5, 5.41) is 3.52. The van der Waals surface area contributed by atoms with Crippen molar-refractivity contribution in [3.05, 3.63) is 35.2 Å². The molecule has 1 saturated heterocycles. The average molecular weight is 418 g/mol. The van der Waals surface area contributed by atoms with Gasteiger partial charge in [0.2, 0.25) is 11.7 Å². The summed E-state index contributed by atoms with van der Waals surface area (Å²) in [6.07, 6.45) is -9.87. The highest BCUT2D eigenvalue weighted by Gasteiger charge is 2.37. The lowest BCUT2D eigenvalue weighted by Crippen LogP contribution is -2.35. The third-order valence-electron chi connectivity index (χ3n) is 3.78. The number of halogens is 7. The van der Waals surface area contributed by atoms with Crippen molar-refractivity contribution in [2.45, 2.75) is 18.9 Å². The second-order valence-corrected chi connectivity index (χ2v) is 5.69. The molecule has 2 aromatic rings. The van der Waals surface area contributed by atoms with Gasteiger partial charge in [-0.05, 0) is 18.2 Å². The number of aromatic nitrogens is 2. The molecule has 5 nitrogen and oxygen atoms in total. The Bertz CT molecular complexity index is 739. The van der Waals surface area contributed by atoms with Crippen molar-refractivity contribution in [3.8, 4) is 11.4 Å². The Balaban J connectivity index is 0.00000261. The molecule has 0 radical (unpaired) electrons. The molecule has 3 rings (SSSR count). The monoisotopic (exact) mass is 417 g/mol. The van der Waals surface area contributed by atoms with Crippen molar-refractivity contribution in [2.24, 2.45) is 0 Å². The topological polar surface area (TPSA) is 51.4 Å². The molecule has 0 bridgehead atoms. The normalized spacial score (nSPS) is 16.2. The van der Waals surface area contributed by atoms with Crippen LogP contribution >= 0.6 is 12.4 Å². The van der Waals surface area contributed by atoms with E-state index in [1.165, 1.54) is 0 Å². The number of alkyl halides is 6. The molecule has 12 heteroatoms. The SMILES string of the molecule is Cl.FC(F)(F)c1cc(-c2noc(CN3CCOCC3)n2)cc(C(F)(F)F)c1. The molecule has 0 saturated carbocycles. The fourth-order valence-electron chi connectivity index (χ4n) is 2.47. The lowest BCUT2D eigenvalue weighted by molar-refractivity contribution is -0.143. The first-order valence-corrected chi connectivity index (χ1v) is 7.55. The molecule has 0 spiro atoms. The zero-order valence-corrected chi connectivity index (χ0v) is 14.4. The Hall–Kier alpha value is -1.85. The van der Waals surface area contributed by atoms with Gasteiger partial charge in [-0.15, -0.1) is 12.4 Å². The van der Waals surface area contributed by atoms with E-state index >= 15 is 0 Å². The van der Waals surface area contributed by atoms with Gasteiger partial charge in [0.25, 0.3) is 0 Å². The highest BCUT2D eigenvalue weighted by Crippen LogP contribution is 2.38. The van der Waals surface area contributed by atoms with Crippen molar-refractivity contribution in [3.63, 3.8) is 0 Å². The molecule has 0 N–H and O–H groups in total. The van der Waals surface area contributed by atoms with E-state index < -0.39 is 29.0 Å². The predicted molar refractivity (Wildman–Crippen MR) is 83.1 cm³/mol. The number of ether oxygens (including phenoxy) is 1. The number of hydrogen-bond donors (Lipinski definition) is 0. The molecule has 0 amide bonds. The summed E-state index contributed by atoms with van der Waals surface area (Å²) in [5.41, 5.74) is -3.27. The molecule has 150 valence electrons. The molecule has 1 aromatic heterocycles. The molecule has 1 aromatic carbocycles. The van der Waals surface area contributed by atoms with E-state index in [0.717, 1.165) is 0 Å². The van der Waals surface area contributed by atoms with Crippen molar-refractivity contribution in [1.82, 2.24) is 15.0 Å². The second-order valence-electron chi connectivity index (χ2n) is 5.69. The van der Waals surface area contributed by atoms with E-state index in [0.29, 0.717) is 38.4 Å². The van der Waals surface area contributed by atoms with E-state index in [2.05, 4.69) is 10.1 Å². The number of nitrogens with zero attached hydrogens (tertiary/aromatic N) is 3. The first-order valence-electron chi connectivity index (χ1n) is 7.55. The number of morpholine rings is 1. The molecule has 0 aliphatic carbocycles. The fourth-order valence-corrected chi connectivity index (χ4v) is 2.47. The van der Waals surface area contributed by atoms with Crippen LogP contribution in [0.15, 0.2) is 22.7 Å². The van der Waals surface area contributed by atoms with Crippen LogP contribution in [0, 0.1) is 0 Å². The van der Waals surface area contributed by atoms with Crippen molar-refractivity contribution in [1.29, 1.82) is 0 Å². The number of rotatable bonds is 3. The summed E-state index contributed by atoms with van der Waals surface area (Å²) in [7, 11) is 0. The van der Waals surface area contributed by atoms with Crippen LogP contribution in [0.5, 0.6) is 0 Å². The number of hydrogen-bond acceptors (Lipinski definition) is 5. The van der Waals surface area contributed by atoms with Crippen LogP contribution in [0.4, 0.5) is 26.3 Å². The van der Waals surface area contributed by atoms with Crippen LogP contribution in [-0.4, -0.2) is 41.3 Å². The van der Waals surface area contributed by atoms with Crippen molar-refractivity contribution < 1.29 is 35.6 Å². The largest absolute Gasteiger partial charge is 0.416 e. The van der Waals surface area contributed by atoms with Crippen LogP contribution in [0.1, 0.15) is 17.0 Å². The van der Waals surface area contributed by atoms with E-state index in [4.69, 9.17) is 9.26 Å². The molecule has 0 unspecified atom stereocenters. The standard InChI is InChI=1S/C15H13F6N3O2.ClH/c16-14(17,18)10-5-9(6-11(7-10)15(19,20)21)13-22-12(26-23-13)8-24-1-3-25-4-2-24;/h5-7H,1-4,8H2;1H. The summed E-state index contributed by atoms with van der Waals surface area (Å²) in [5.74, 6) is -0.224. The lowest BCUT2D eigenvalue weighted by atomic mass is 10.0. The van der Waals surface area contributed by atoms with Gasteiger partial charge in [0.05, 0.1) is 30.9 Å². The Kier molecular flexibility index (Phi) is 6.38. The Morgan fingerprint density at radius 2 is 1.48 bits per heavy atom. The summed E-state index contributed by atoms with van der Waals surface area (Å²) in [4.78, 5) is 5.85. The maximum absolute atomic E-state index is 12.9. The summed E-state index contributed by atoms with van der Waals surface area (Å²) >= 11 is 0. The van der Waals surface area contributed by atoms with Gasteiger partial charge < -0.3 is 9.26 Å². The highest BCUT2D eigenvalue weighted by atomic mass is 35.5. The molecular formula is C15H14ClF6N3O2. The van der Waals surface area contributed by atoms with Crippen molar-refractivity contribution in [2.75, 3.05) is 26.3 Å². The van der Waals surface area contributed by atoms with Crippen molar-refractivity contribution >= 4 is 12.4 Å². The van der Waals surface area contributed by atoms with E-state index in [1.807, 2.05) is 4.90 Å². The molecule has 1 fully saturated rings. The second kappa shape index (κ2) is 8.03. The summed E-state index contributed by atoms with van der Waals surface area (Å²) in [6, 6.07) is 1.19.